The summed E-state index contributed by atoms with van der Waals surface area (Å²) in [5.41, 5.74) is 0. The maximum atomic E-state index is 11.1. The van der Waals surface area contributed by atoms with Crippen LogP contribution in [0.2, 0.25) is 0 Å². The molecule has 0 aromatic carbocycles. The van der Waals surface area contributed by atoms with E-state index in [1.807, 2.05) is 0 Å². The smallest absolute Gasteiger partial charge is 0.356 e. The molecule has 1 rings (SSSR count). The molecule has 1 fully saturated rings. The first-order valence-electron chi connectivity index (χ1n) is 5.01. The summed E-state index contributed by atoms with van der Waals surface area (Å²) in [5.74, 6) is 10.6. The fourth-order valence-corrected chi connectivity index (χ4v) is 1.97. The Morgan fingerprint density at radius 3 is 2.20 bits per heavy atom. The van der Waals surface area contributed by atoms with Crippen LogP contribution in [-0.2, 0) is 9.63 Å². The van der Waals surface area contributed by atoms with Gasteiger partial charge in [-0.25, -0.2) is 15.6 Å². The van der Waals surface area contributed by atoms with E-state index in [1.54, 1.807) is 6.92 Å². The van der Waals surface area contributed by atoms with Crippen LogP contribution in [0.1, 0.15) is 32.6 Å². The van der Waals surface area contributed by atoms with E-state index in [0.717, 1.165) is 30.7 Å². The fraction of sp³-hybridized carbons (Fsp3) is 0.778. The molecule has 6 heteroatoms. The van der Waals surface area contributed by atoms with Crippen LogP contribution >= 0.6 is 0 Å². The molecule has 0 unspecified atom stereocenters. The Morgan fingerprint density at radius 2 is 1.80 bits per heavy atom. The molecule has 1 aliphatic rings. The lowest BCUT2D eigenvalue weighted by Gasteiger charge is -2.31. The Balaban J connectivity index is 2.43. The largest absolute Gasteiger partial charge is 0.443 e. The number of hydrogen-bond donors (Lipinski definition) is 2. The highest BCUT2D eigenvalue weighted by atomic mass is 16.7. The Kier molecular flexibility index (Phi) is 4.05. The van der Waals surface area contributed by atoms with Crippen LogP contribution in [-0.4, -0.2) is 22.9 Å². The van der Waals surface area contributed by atoms with Gasteiger partial charge in [0.05, 0.1) is 6.04 Å². The summed E-state index contributed by atoms with van der Waals surface area (Å²) in [6.45, 7) is 1.60. The monoisotopic (exact) mass is 215 g/mol. The summed E-state index contributed by atoms with van der Waals surface area (Å²) in [6.07, 6.45) is 2.24. The molecule has 6 nitrogen and oxygen atoms in total. The summed E-state index contributed by atoms with van der Waals surface area (Å²) in [6, 6.07) is -0.0725. The van der Waals surface area contributed by atoms with Crippen LogP contribution in [0.4, 0.5) is 4.79 Å². The molecule has 0 saturated heterocycles. The fourth-order valence-electron chi connectivity index (χ4n) is 1.97. The second kappa shape index (κ2) is 5.09. The zero-order valence-corrected chi connectivity index (χ0v) is 8.81. The number of nitrogens with zero attached hydrogens (tertiary/aromatic N) is 1. The maximum absolute atomic E-state index is 11.1. The highest BCUT2D eigenvalue weighted by molar-refractivity contribution is 5.78. The highest BCUT2D eigenvalue weighted by Crippen LogP contribution is 2.27. The number of carbonyl (C=O) groups excluding carboxylic acids is 2. The Bertz CT molecular complexity index is 249. The lowest BCUT2D eigenvalue weighted by molar-refractivity contribution is -0.121. The zero-order chi connectivity index (χ0) is 11.4. The van der Waals surface area contributed by atoms with E-state index in [-0.39, 0.29) is 17.7 Å². The first-order valence-corrected chi connectivity index (χ1v) is 5.01. The number of hydrogen-bond acceptors (Lipinski definition) is 5. The van der Waals surface area contributed by atoms with Gasteiger partial charge < -0.3 is 4.84 Å². The molecule has 0 spiro atoms. The lowest BCUT2D eigenvalue weighted by atomic mass is 9.84. The van der Waals surface area contributed by atoms with Crippen LogP contribution in [0.15, 0.2) is 0 Å². The van der Waals surface area contributed by atoms with E-state index in [1.165, 1.54) is 0 Å². The highest BCUT2D eigenvalue weighted by Gasteiger charge is 2.29. The van der Waals surface area contributed by atoms with Crippen molar-refractivity contribution in [1.82, 2.24) is 5.01 Å². The van der Waals surface area contributed by atoms with Crippen molar-refractivity contribution in [1.29, 1.82) is 0 Å². The predicted octanol–water partition coefficient (Wildman–Crippen LogP) is 0.320. The van der Waals surface area contributed by atoms with Crippen LogP contribution in [0.3, 0.4) is 0 Å². The van der Waals surface area contributed by atoms with Gasteiger partial charge >= 0.3 is 6.09 Å². The molecule has 1 saturated carbocycles. The minimum atomic E-state index is -0.735. The molecular weight excluding hydrogens is 198 g/mol. The molecule has 86 valence electrons. The molecule has 15 heavy (non-hydrogen) atoms. The molecule has 0 aromatic rings. The lowest BCUT2D eigenvalue weighted by Crippen LogP contribution is -2.48. The molecule has 4 N–H and O–H groups in total. The number of hydrazine groups is 1. The number of Topliss-reactive ketones (excluding diaryl/α,β-unsaturated/α-hetero) is 1. The normalized spacial score (nSPS) is 25.8. The molecule has 0 radical (unpaired) electrons. The first kappa shape index (κ1) is 11.9. The SMILES string of the molecule is CC(=O)[C@H]1CC[C@H](N(N)C(=O)ON)CC1. The minimum absolute atomic E-state index is 0.0725. The average molecular weight is 215 g/mol. The van der Waals surface area contributed by atoms with Crippen molar-refractivity contribution in [2.45, 2.75) is 38.6 Å². The van der Waals surface area contributed by atoms with Crippen molar-refractivity contribution >= 4 is 11.9 Å². The number of carbonyl (C=O) groups is 2. The van der Waals surface area contributed by atoms with Crippen molar-refractivity contribution in [3.05, 3.63) is 0 Å². The van der Waals surface area contributed by atoms with Gasteiger partial charge in [0.25, 0.3) is 0 Å². The van der Waals surface area contributed by atoms with E-state index in [0.29, 0.717) is 0 Å². The number of rotatable bonds is 2. The minimum Gasteiger partial charge on any atom is -0.356 e. The molecule has 0 aliphatic heterocycles. The number of amides is 1. The quantitative estimate of drug-likeness (QED) is 0.392. The van der Waals surface area contributed by atoms with Gasteiger partial charge in [0.15, 0.2) is 0 Å². The Hall–Kier alpha value is -1.14. The predicted molar refractivity (Wildman–Crippen MR) is 53.1 cm³/mol. The molecule has 1 aliphatic carbocycles. The molecular formula is C9H17N3O3. The van der Waals surface area contributed by atoms with E-state index >= 15 is 0 Å². The molecule has 0 aromatic heterocycles. The van der Waals surface area contributed by atoms with Crippen molar-refractivity contribution in [2.75, 3.05) is 0 Å². The zero-order valence-electron chi connectivity index (χ0n) is 8.81. The Morgan fingerprint density at radius 1 is 1.27 bits per heavy atom. The van der Waals surface area contributed by atoms with E-state index in [2.05, 4.69) is 4.84 Å². The van der Waals surface area contributed by atoms with E-state index in [9.17, 15) is 9.59 Å². The van der Waals surface area contributed by atoms with Crippen molar-refractivity contribution in [3.8, 4) is 0 Å². The average Bonchev–Trinajstić information content (AvgIpc) is 2.27. The van der Waals surface area contributed by atoms with Crippen molar-refractivity contribution in [3.63, 3.8) is 0 Å². The molecule has 0 heterocycles. The van der Waals surface area contributed by atoms with Crippen LogP contribution in [0.25, 0.3) is 0 Å². The van der Waals surface area contributed by atoms with Gasteiger partial charge in [-0.05, 0) is 32.6 Å². The molecule has 0 atom stereocenters. The van der Waals surface area contributed by atoms with Crippen LogP contribution in [0, 0.1) is 5.92 Å². The maximum Gasteiger partial charge on any atom is 0.443 e. The molecule has 1 amide bonds. The Labute approximate surface area is 88.5 Å². The van der Waals surface area contributed by atoms with Crippen molar-refractivity contribution in [2.24, 2.45) is 17.7 Å². The summed E-state index contributed by atoms with van der Waals surface area (Å²) in [5, 5.41) is 1.01. The topological polar surface area (TPSA) is 98.6 Å². The summed E-state index contributed by atoms with van der Waals surface area (Å²) < 4.78 is 0. The van der Waals surface area contributed by atoms with Gasteiger partial charge in [0.2, 0.25) is 0 Å². The van der Waals surface area contributed by atoms with Gasteiger partial charge in [-0.2, -0.15) is 5.90 Å². The third-order valence-corrected chi connectivity index (χ3v) is 2.98. The summed E-state index contributed by atoms with van der Waals surface area (Å²) in [4.78, 5) is 26.2. The number of nitrogens with two attached hydrogens (primary N) is 2. The van der Waals surface area contributed by atoms with Gasteiger partial charge in [-0.1, -0.05) is 0 Å². The second-order valence-corrected chi connectivity index (χ2v) is 3.91. The standard InChI is InChI=1S/C9H17N3O3/c1-6(13)7-2-4-8(5-3-7)12(10)9(14)15-11/h7-8H,2-5,10-11H2,1H3/t7-,8-. The molecule has 0 bridgehead atoms. The third-order valence-electron chi connectivity index (χ3n) is 2.98. The van der Waals surface area contributed by atoms with Gasteiger partial charge in [-0.3, -0.25) is 4.79 Å². The van der Waals surface area contributed by atoms with Gasteiger partial charge in [0.1, 0.15) is 5.78 Å². The summed E-state index contributed by atoms with van der Waals surface area (Å²) in [7, 11) is 0. The van der Waals surface area contributed by atoms with Crippen molar-refractivity contribution < 1.29 is 14.4 Å². The second-order valence-electron chi connectivity index (χ2n) is 3.91. The van der Waals surface area contributed by atoms with E-state index < -0.39 is 6.09 Å². The van der Waals surface area contributed by atoms with Gasteiger partial charge in [0, 0.05) is 5.92 Å². The van der Waals surface area contributed by atoms with Gasteiger partial charge in [-0.15, -0.1) is 0 Å². The number of ketones is 1. The van der Waals surface area contributed by atoms with Crippen LogP contribution in [0.5, 0.6) is 0 Å². The first-order chi connectivity index (χ1) is 7.06. The van der Waals surface area contributed by atoms with E-state index in [4.69, 9.17) is 11.7 Å². The van der Waals surface area contributed by atoms with Crippen LogP contribution < -0.4 is 11.7 Å². The third kappa shape index (κ3) is 2.90. The summed E-state index contributed by atoms with van der Waals surface area (Å²) >= 11 is 0.